The summed E-state index contributed by atoms with van der Waals surface area (Å²) < 4.78 is 0. The molecule has 2 atom stereocenters. The molecule has 0 saturated heterocycles. The number of likely N-dealkylation sites (N-methyl/N-ethyl adjacent to an activating group) is 1. The maximum absolute atomic E-state index is 9.02. The van der Waals surface area contributed by atoms with E-state index in [1.807, 2.05) is 0 Å². The van der Waals surface area contributed by atoms with Gasteiger partial charge in [-0.15, -0.1) is 0 Å². The first kappa shape index (κ1) is 12.9. The molecule has 17 heavy (non-hydrogen) atoms. The highest BCUT2D eigenvalue weighted by Gasteiger charge is 2.26. The Morgan fingerprint density at radius 1 is 1.18 bits per heavy atom. The quantitative estimate of drug-likeness (QED) is 0.793. The van der Waals surface area contributed by atoms with Crippen molar-refractivity contribution in [2.45, 2.75) is 57.0 Å². The fraction of sp³-hybridized carbons (Fsp3) is 0.929. The van der Waals surface area contributed by atoms with E-state index in [9.17, 15) is 0 Å². The lowest BCUT2D eigenvalue weighted by molar-refractivity contribution is 0.240. The number of hydrogen-bond acceptors (Lipinski definition) is 3. The van der Waals surface area contributed by atoms with E-state index in [1.165, 1.54) is 38.5 Å². The third-order valence-corrected chi connectivity index (χ3v) is 4.50. The summed E-state index contributed by atoms with van der Waals surface area (Å²) in [6, 6.07) is 3.70. The molecule has 0 aromatic heterocycles. The van der Waals surface area contributed by atoms with Gasteiger partial charge in [0.15, 0.2) is 0 Å². The number of hydrogen-bond donors (Lipinski definition) is 1. The van der Waals surface area contributed by atoms with Crippen molar-refractivity contribution in [2.75, 3.05) is 20.1 Å². The van der Waals surface area contributed by atoms with E-state index in [1.54, 1.807) is 0 Å². The predicted molar refractivity (Wildman–Crippen MR) is 69.6 cm³/mol. The van der Waals surface area contributed by atoms with Crippen LogP contribution in [-0.4, -0.2) is 37.1 Å². The van der Waals surface area contributed by atoms with Gasteiger partial charge in [0, 0.05) is 25.2 Å². The molecule has 0 bridgehead atoms. The van der Waals surface area contributed by atoms with Crippen molar-refractivity contribution >= 4 is 0 Å². The molecular weight excluding hydrogens is 210 g/mol. The fourth-order valence-electron chi connectivity index (χ4n) is 3.31. The van der Waals surface area contributed by atoms with E-state index >= 15 is 0 Å². The van der Waals surface area contributed by atoms with Crippen LogP contribution in [0, 0.1) is 17.2 Å². The van der Waals surface area contributed by atoms with E-state index in [4.69, 9.17) is 5.26 Å². The molecule has 3 nitrogen and oxygen atoms in total. The van der Waals surface area contributed by atoms with Crippen molar-refractivity contribution in [2.24, 2.45) is 5.92 Å². The number of nitrogens with zero attached hydrogens (tertiary/aromatic N) is 2. The first-order valence-corrected chi connectivity index (χ1v) is 7.14. The summed E-state index contributed by atoms with van der Waals surface area (Å²) in [5.74, 6) is 0.256. The average Bonchev–Trinajstić information content (AvgIpc) is 2.99. The lowest BCUT2D eigenvalue weighted by Gasteiger charge is -2.25. The van der Waals surface area contributed by atoms with Crippen LogP contribution < -0.4 is 5.32 Å². The van der Waals surface area contributed by atoms with Gasteiger partial charge < -0.3 is 10.2 Å². The molecule has 0 radical (unpaired) electrons. The summed E-state index contributed by atoms with van der Waals surface area (Å²) in [6.07, 6.45) is 9.05. The average molecular weight is 235 g/mol. The second-order valence-corrected chi connectivity index (χ2v) is 5.65. The Hall–Kier alpha value is -0.590. The molecule has 96 valence electrons. The smallest absolute Gasteiger partial charge is 0.0672 e. The Bertz CT molecular complexity index is 265. The lowest BCUT2D eigenvalue weighted by Crippen LogP contribution is -2.40. The number of nitrogens with one attached hydrogen (secondary N) is 1. The molecule has 0 amide bonds. The van der Waals surface area contributed by atoms with E-state index in [2.05, 4.69) is 23.3 Å². The van der Waals surface area contributed by atoms with E-state index in [-0.39, 0.29) is 5.92 Å². The largest absolute Gasteiger partial charge is 0.311 e. The standard InChI is InChI=1S/C14H25N3/c1-17(13-6-2-3-7-13)10-9-16-14-8-4-5-12(14)11-15/h12-14,16H,2-10H2,1H3. The van der Waals surface area contributed by atoms with Crippen LogP contribution in [0.1, 0.15) is 44.9 Å². The summed E-state index contributed by atoms with van der Waals surface area (Å²) in [5, 5.41) is 12.6. The molecular formula is C14H25N3. The summed E-state index contributed by atoms with van der Waals surface area (Å²) in [5.41, 5.74) is 0. The molecule has 2 rings (SSSR count). The normalized spacial score (nSPS) is 29.9. The van der Waals surface area contributed by atoms with E-state index < -0.39 is 0 Å². The van der Waals surface area contributed by atoms with Gasteiger partial charge in [-0.1, -0.05) is 19.3 Å². The Kier molecular flexibility index (Phi) is 4.82. The molecule has 2 unspecified atom stereocenters. The SMILES string of the molecule is CN(CCNC1CCCC1C#N)C1CCCC1. The Labute approximate surface area is 105 Å². The van der Waals surface area contributed by atoms with Gasteiger partial charge in [0.05, 0.1) is 12.0 Å². The highest BCUT2D eigenvalue weighted by Crippen LogP contribution is 2.25. The predicted octanol–water partition coefficient (Wildman–Crippen LogP) is 2.14. The minimum atomic E-state index is 0.256. The van der Waals surface area contributed by atoms with Crippen LogP contribution in [0.25, 0.3) is 0 Å². The molecule has 2 aliphatic carbocycles. The van der Waals surface area contributed by atoms with Crippen LogP contribution in [0.5, 0.6) is 0 Å². The summed E-state index contributed by atoms with van der Waals surface area (Å²) >= 11 is 0. The van der Waals surface area contributed by atoms with E-state index in [0.717, 1.165) is 25.6 Å². The third-order valence-electron chi connectivity index (χ3n) is 4.50. The zero-order valence-electron chi connectivity index (χ0n) is 11.0. The minimum Gasteiger partial charge on any atom is -0.311 e. The molecule has 0 aromatic rings. The van der Waals surface area contributed by atoms with Crippen molar-refractivity contribution in [1.29, 1.82) is 5.26 Å². The highest BCUT2D eigenvalue weighted by atomic mass is 15.1. The van der Waals surface area contributed by atoms with Crippen molar-refractivity contribution in [3.05, 3.63) is 0 Å². The fourth-order valence-corrected chi connectivity index (χ4v) is 3.31. The first-order chi connectivity index (χ1) is 8.31. The van der Waals surface area contributed by atoms with Crippen molar-refractivity contribution in [3.63, 3.8) is 0 Å². The van der Waals surface area contributed by atoms with E-state index in [0.29, 0.717) is 6.04 Å². The molecule has 2 saturated carbocycles. The first-order valence-electron chi connectivity index (χ1n) is 7.14. The van der Waals surface area contributed by atoms with Crippen molar-refractivity contribution < 1.29 is 0 Å². The van der Waals surface area contributed by atoms with Gasteiger partial charge in [0.25, 0.3) is 0 Å². The van der Waals surface area contributed by atoms with Gasteiger partial charge in [0.1, 0.15) is 0 Å². The monoisotopic (exact) mass is 235 g/mol. The molecule has 0 spiro atoms. The van der Waals surface area contributed by atoms with Gasteiger partial charge >= 0.3 is 0 Å². The highest BCUT2D eigenvalue weighted by molar-refractivity contribution is 4.96. The summed E-state index contributed by atoms with van der Waals surface area (Å²) in [7, 11) is 2.24. The zero-order chi connectivity index (χ0) is 12.1. The van der Waals surface area contributed by atoms with Crippen LogP contribution in [0.2, 0.25) is 0 Å². The Morgan fingerprint density at radius 3 is 2.65 bits per heavy atom. The van der Waals surface area contributed by atoms with Crippen molar-refractivity contribution in [3.8, 4) is 6.07 Å². The van der Waals surface area contributed by atoms with Crippen LogP contribution in [0.3, 0.4) is 0 Å². The molecule has 2 aliphatic rings. The topological polar surface area (TPSA) is 39.1 Å². The lowest BCUT2D eigenvalue weighted by atomic mass is 10.1. The van der Waals surface area contributed by atoms with Crippen molar-refractivity contribution in [1.82, 2.24) is 10.2 Å². The van der Waals surface area contributed by atoms with Gasteiger partial charge in [0.2, 0.25) is 0 Å². The molecule has 1 N–H and O–H groups in total. The maximum atomic E-state index is 9.02. The number of nitriles is 1. The Balaban J connectivity index is 1.63. The summed E-state index contributed by atoms with van der Waals surface area (Å²) in [6.45, 7) is 2.16. The number of rotatable bonds is 5. The molecule has 0 aromatic carbocycles. The Morgan fingerprint density at radius 2 is 1.94 bits per heavy atom. The van der Waals surface area contributed by atoms with Crippen LogP contribution in [-0.2, 0) is 0 Å². The van der Waals surface area contributed by atoms with Crippen LogP contribution in [0.4, 0.5) is 0 Å². The molecule has 0 heterocycles. The molecule has 3 heteroatoms. The maximum Gasteiger partial charge on any atom is 0.0672 e. The zero-order valence-corrected chi connectivity index (χ0v) is 11.0. The van der Waals surface area contributed by atoms with Gasteiger partial charge in [-0.05, 0) is 32.7 Å². The second-order valence-electron chi connectivity index (χ2n) is 5.65. The van der Waals surface area contributed by atoms with Crippen LogP contribution in [0.15, 0.2) is 0 Å². The third kappa shape index (κ3) is 3.43. The molecule has 0 aliphatic heterocycles. The second kappa shape index (κ2) is 6.37. The van der Waals surface area contributed by atoms with Gasteiger partial charge in [-0.25, -0.2) is 0 Å². The van der Waals surface area contributed by atoms with Gasteiger partial charge in [-0.2, -0.15) is 5.26 Å². The van der Waals surface area contributed by atoms with Crippen LogP contribution >= 0.6 is 0 Å². The molecule has 2 fully saturated rings. The summed E-state index contributed by atoms with van der Waals surface area (Å²) in [4.78, 5) is 2.50. The van der Waals surface area contributed by atoms with Gasteiger partial charge in [-0.3, -0.25) is 0 Å². The minimum absolute atomic E-state index is 0.256.